The third-order valence-corrected chi connectivity index (χ3v) is 6.24. The largest absolute Gasteiger partial charge is 0.312 e. The fourth-order valence-corrected chi connectivity index (χ4v) is 5.16. The molecule has 96 valence electrons. The van der Waals surface area contributed by atoms with Gasteiger partial charge in [-0.25, -0.2) is 8.42 Å². The van der Waals surface area contributed by atoms with Crippen molar-refractivity contribution >= 4 is 32.9 Å². The summed E-state index contributed by atoms with van der Waals surface area (Å²) in [5.41, 5.74) is 0. The highest BCUT2D eigenvalue weighted by Gasteiger charge is 2.26. The van der Waals surface area contributed by atoms with Crippen molar-refractivity contribution < 1.29 is 8.42 Å². The summed E-state index contributed by atoms with van der Waals surface area (Å²) >= 11 is 3.24. The van der Waals surface area contributed by atoms with E-state index in [1.54, 1.807) is 23.1 Å². The average molecular weight is 293 g/mol. The summed E-state index contributed by atoms with van der Waals surface area (Å²) in [5, 5.41) is 12.2. The lowest BCUT2D eigenvalue weighted by molar-refractivity contribution is 0.575. The molecule has 5 nitrogen and oxygen atoms in total. The fraction of sp³-hybridized carbons (Fsp3) is 0.778. The topological polar surface area (TPSA) is 72.0 Å². The van der Waals surface area contributed by atoms with Crippen LogP contribution in [-0.2, 0) is 9.84 Å². The Morgan fingerprint density at radius 2 is 2.35 bits per heavy atom. The first-order valence-corrected chi connectivity index (χ1v) is 9.04. The molecule has 0 saturated carbocycles. The number of hydrogen-bond donors (Lipinski definition) is 1. The van der Waals surface area contributed by atoms with E-state index >= 15 is 0 Å². The van der Waals surface area contributed by atoms with E-state index in [4.69, 9.17) is 0 Å². The molecule has 1 N–H and O–H groups in total. The maximum absolute atomic E-state index is 11.2. The Bertz CT molecular complexity index is 472. The van der Waals surface area contributed by atoms with Gasteiger partial charge in [-0.3, -0.25) is 0 Å². The Morgan fingerprint density at radius 3 is 2.94 bits per heavy atom. The molecule has 1 atom stereocenters. The standard InChI is InChI=1S/C9H15N3O2S3/c1-7-11-12-9(16-7)15-4-3-10-8-2-5-17(13,14)6-8/h8,10H,2-6H2,1H3. The third-order valence-electron chi connectivity index (χ3n) is 2.50. The Morgan fingerprint density at radius 1 is 1.53 bits per heavy atom. The zero-order valence-electron chi connectivity index (χ0n) is 9.55. The number of aromatic nitrogens is 2. The highest BCUT2D eigenvalue weighted by atomic mass is 32.2. The van der Waals surface area contributed by atoms with E-state index in [2.05, 4.69) is 15.5 Å². The monoisotopic (exact) mass is 293 g/mol. The van der Waals surface area contributed by atoms with Crippen molar-refractivity contribution in [3.05, 3.63) is 5.01 Å². The summed E-state index contributed by atoms with van der Waals surface area (Å²) in [7, 11) is -2.77. The highest BCUT2D eigenvalue weighted by Crippen LogP contribution is 2.21. The Labute approximate surface area is 109 Å². The van der Waals surface area contributed by atoms with Gasteiger partial charge in [-0.05, 0) is 13.3 Å². The average Bonchev–Trinajstić information content (AvgIpc) is 2.80. The van der Waals surface area contributed by atoms with Crippen LogP contribution in [-0.4, -0.2) is 48.5 Å². The molecule has 1 fully saturated rings. The van der Waals surface area contributed by atoms with Crippen molar-refractivity contribution in [1.29, 1.82) is 0 Å². The minimum atomic E-state index is -2.77. The molecule has 0 amide bonds. The van der Waals surface area contributed by atoms with E-state index in [-0.39, 0.29) is 11.8 Å². The predicted molar refractivity (Wildman–Crippen MR) is 70.4 cm³/mol. The van der Waals surface area contributed by atoms with Crippen molar-refractivity contribution in [3.8, 4) is 0 Å². The van der Waals surface area contributed by atoms with Crippen LogP contribution in [0.15, 0.2) is 4.34 Å². The second-order valence-electron chi connectivity index (χ2n) is 3.99. The van der Waals surface area contributed by atoms with Gasteiger partial charge in [0, 0.05) is 18.3 Å². The van der Waals surface area contributed by atoms with Gasteiger partial charge in [0.25, 0.3) is 0 Å². The molecule has 0 spiro atoms. The third kappa shape index (κ3) is 4.20. The number of nitrogens with one attached hydrogen (secondary N) is 1. The molecule has 1 aromatic heterocycles. The molecule has 1 aliphatic rings. The molecule has 2 rings (SSSR count). The molecule has 1 unspecified atom stereocenters. The number of rotatable bonds is 5. The highest BCUT2D eigenvalue weighted by molar-refractivity contribution is 8.01. The van der Waals surface area contributed by atoms with Crippen molar-refractivity contribution in [2.24, 2.45) is 0 Å². The van der Waals surface area contributed by atoms with Crippen molar-refractivity contribution in [1.82, 2.24) is 15.5 Å². The second kappa shape index (κ2) is 5.64. The van der Waals surface area contributed by atoms with Crippen LogP contribution < -0.4 is 5.32 Å². The lowest BCUT2D eigenvalue weighted by Gasteiger charge is -2.09. The Hall–Kier alpha value is -0.180. The molecule has 8 heteroatoms. The first kappa shape index (κ1) is 13.3. The predicted octanol–water partition coefficient (Wildman–Crippen LogP) is 0.715. The lowest BCUT2D eigenvalue weighted by atomic mass is 10.3. The summed E-state index contributed by atoms with van der Waals surface area (Å²) < 4.78 is 23.4. The van der Waals surface area contributed by atoms with Gasteiger partial charge in [0.1, 0.15) is 5.01 Å². The van der Waals surface area contributed by atoms with E-state index in [9.17, 15) is 8.42 Å². The van der Waals surface area contributed by atoms with E-state index < -0.39 is 9.84 Å². The van der Waals surface area contributed by atoms with Gasteiger partial charge in [-0.15, -0.1) is 10.2 Å². The van der Waals surface area contributed by atoms with Gasteiger partial charge < -0.3 is 5.32 Å². The van der Waals surface area contributed by atoms with Crippen LogP contribution in [0, 0.1) is 6.92 Å². The molecule has 17 heavy (non-hydrogen) atoms. The van der Waals surface area contributed by atoms with Gasteiger partial charge in [-0.2, -0.15) is 0 Å². The van der Waals surface area contributed by atoms with Crippen molar-refractivity contribution in [2.75, 3.05) is 23.8 Å². The number of aryl methyl sites for hydroxylation is 1. The quantitative estimate of drug-likeness (QED) is 0.637. The van der Waals surface area contributed by atoms with Crippen molar-refractivity contribution in [2.45, 2.75) is 23.7 Å². The maximum Gasteiger partial charge on any atom is 0.174 e. The van der Waals surface area contributed by atoms with Gasteiger partial charge in [0.2, 0.25) is 0 Å². The van der Waals surface area contributed by atoms with Crippen LogP contribution in [0.2, 0.25) is 0 Å². The van der Waals surface area contributed by atoms with E-state index in [1.807, 2.05) is 6.92 Å². The van der Waals surface area contributed by atoms with Crippen LogP contribution in [0.3, 0.4) is 0 Å². The molecular weight excluding hydrogens is 278 g/mol. The number of hydrogen-bond acceptors (Lipinski definition) is 7. The zero-order chi connectivity index (χ0) is 12.3. The van der Waals surface area contributed by atoms with E-state index in [0.29, 0.717) is 5.75 Å². The van der Waals surface area contributed by atoms with E-state index in [1.165, 1.54) is 0 Å². The second-order valence-corrected chi connectivity index (χ2v) is 8.74. The number of nitrogens with zero attached hydrogens (tertiary/aromatic N) is 2. The Kier molecular flexibility index (Phi) is 4.40. The maximum atomic E-state index is 11.2. The first-order valence-electron chi connectivity index (χ1n) is 5.42. The molecule has 1 aromatic rings. The van der Waals surface area contributed by atoms with Gasteiger partial charge in [0.05, 0.1) is 11.5 Å². The summed E-state index contributed by atoms with van der Waals surface area (Å²) in [6.07, 6.45) is 0.741. The number of thioether (sulfide) groups is 1. The molecule has 1 aliphatic heterocycles. The van der Waals surface area contributed by atoms with Crippen LogP contribution in [0.25, 0.3) is 0 Å². The minimum absolute atomic E-state index is 0.136. The fourth-order valence-electron chi connectivity index (χ4n) is 1.69. The Balaban J connectivity index is 1.64. The smallest absolute Gasteiger partial charge is 0.174 e. The lowest BCUT2D eigenvalue weighted by Crippen LogP contribution is -2.31. The van der Waals surface area contributed by atoms with Crippen LogP contribution in [0.5, 0.6) is 0 Å². The summed E-state index contributed by atoms with van der Waals surface area (Å²) in [4.78, 5) is 0. The summed E-state index contributed by atoms with van der Waals surface area (Å²) in [5.74, 6) is 1.51. The van der Waals surface area contributed by atoms with E-state index in [0.717, 1.165) is 28.1 Å². The first-order chi connectivity index (χ1) is 8.05. The van der Waals surface area contributed by atoms with Crippen LogP contribution >= 0.6 is 23.1 Å². The molecule has 0 aliphatic carbocycles. The number of sulfone groups is 1. The van der Waals surface area contributed by atoms with Crippen molar-refractivity contribution in [3.63, 3.8) is 0 Å². The molecule has 0 radical (unpaired) electrons. The minimum Gasteiger partial charge on any atom is -0.312 e. The molecule has 0 aromatic carbocycles. The van der Waals surface area contributed by atoms with Gasteiger partial charge >= 0.3 is 0 Å². The van der Waals surface area contributed by atoms with Crippen LogP contribution in [0.1, 0.15) is 11.4 Å². The van der Waals surface area contributed by atoms with Crippen LogP contribution in [0.4, 0.5) is 0 Å². The van der Waals surface area contributed by atoms with Gasteiger partial charge in [-0.1, -0.05) is 23.1 Å². The normalized spacial score (nSPS) is 23.0. The summed E-state index contributed by atoms with van der Waals surface area (Å²) in [6, 6.07) is 0.136. The summed E-state index contributed by atoms with van der Waals surface area (Å²) in [6.45, 7) is 2.74. The molecule has 2 heterocycles. The molecular formula is C9H15N3O2S3. The SMILES string of the molecule is Cc1nnc(SCCNC2CCS(=O)(=O)C2)s1. The zero-order valence-corrected chi connectivity index (χ0v) is 12.0. The molecule has 0 bridgehead atoms. The van der Waals surface area contributed by atoms with Gasteiger partial charge in [0.15, 0.2) is 14.2 Å². The molecule has 1 saturated heterocycles.